The zero-order chi connectivity index (χ0) is 19.2. The second-order valence-corrected chi connectivity index (χ2v) is 7.14. The molecule has 3 rings (SSSR count). The van der Waals surface area contributed by atoms with E-state index in [1.54, 1.807) is 0 Å². The summed E-state index contributed by atoms with van der Waals surface area (Å²) in [5.74, 6) is 1.37. The highest BCUT2D eigenvalue weighted by Crippen LogP contribution is 2.28. The van der Waals surface area contributed by atoms with Gasteiger partial charge in [0.25, 0.3) is 0 Å². The molecule has 0 radical (unpaired) electrons. The second kappa shape index (κ2) is 8.74. The summed E-state index contributed by atoms with van der Waals surface area (Å²) in [7, 11) is 0. The van der Waals surface area contributed by atoms with Gasteiger partial charge in [0.05, 0.1) is 5.92 Å². The largest absolute Gasteiger partial charge is 0.457 e. The Balaban J connectivity index is 1.69. The number of anilines is 1. The Labute approximate surface area is 164 Å². The lowest BCUT2D eigenvalue weighted by Gasteiger charge is -2.21. The van der Waals surface area contributed by atoms with Crippen molar-refractivity contribution >= 4 is 23.2 Å². The summed E-state index contributed by atoms with van der Waals surface area (Å²) in [5.41, 5.74) is 1.69. The van der Waals surface area contributed by atoms with Crippen LogP contribution in [0.25, 0.3) is 0 Å². The normalized spacial score (nSPS) is 11.9. The van der Waals surface area contributed by atoms with Gasteiger partial charge in [-0.25, -0.2) is 0 Å². The van der Waals surface area contributed by atoms with E-state index in [0.29, 0.717) is 5.02 Å². The molecule has 0 aliphatic heterocycles. The summed E-state index contributed by atoms with van der Waals surface area (Å²) in [4.78, 5) is 12.8. The minimum Gasteiger partial charge on any atom is -0.457 e. The van der Waals surface area contributed by atoms with Gasteiger partial charge < -0.3 is 10.1 Å². The molecule has 3 nitrogen and oxygen atoms in total. The lowest BCUT2D eigenvalue weighted by atomic mass is 9.87. The number of rotatable bonds is 6. The fourth-order valence-corrected chi connectivity index (χ4v) is 3.09. The highest BCUT2D eigenvalue weighted by molar-refractivity contribution is 6.30. The van der Waals surface area contributed by atoms with Crippen molar-refractivity contribution in [3.63, 3.8) is 0 Å². The van der Waals surface area contributed by atoms with E-state index in [-0.39, 0.29) is 17.7 Å². The molecular formula is C23H22ClNO2. The zero-order valence-electron chi connectivity index (χ0n) is 15.4. The zero-order valence-corrected chi connectivity index (χ0v) is 16.1. The van der Waals surface area contributed by atoms with Crippen LogP contribution in [0.2, 0.25) is 5.02 Å². The van der Waals surface area contributed by atoms with Crippen LogP contribution in [0.4, 0.5) is 5.69 Å². The van der Waals surface area contributed by atoms with Crippen LogP contribution in [-0.4, -0.2) is 5.91 Å². The van der Waals surface area contributed by atoms with Crippen molar-refractivity contribution in [2.24, 2.45) is 5.92 Å². The number of hydrogen-bond donors (Lipinski definition) is 1. The van der Waals surface area contributed by atoms with Gasteiger partial charge in [0, 0.05) is 10.7 Å². The molecule has 3 aromatic rings. The molecule has 0 aromatic heterocycles. The summed E-state index contributed by atoms with van der Waals surface area (Å²) < 4.78 is 5.78. The van der Waals surface area contributed by atoms with E-state index in [2.05, 4.69) is 5.32 Å². The van der Waals surface area contributed by atoms with Gasteiger partial charge in [-0.3, -0.25) is 4.79 Å². The number of nitrogens with one attached hydrogen (secondary N) is 1. The van der Waals surface area contributed by atoms with Gasteiger partial charge in [-0.15, -0.1) is 0 Å². The number of para-hydroxylation sites is 1. The van der Waals surface area contributed by atoms with Gasteiger partial charge >= 0.3 is 0 Å². The van der Waals surface area contributed by atoms with Crippen LogP contribution in [0, 0.1) is 5.92 Å². The molecule has 27 heavy (non-hydrogen) atoms. The van der Waals surface area contributed by atoms with E-state index in [1.807, 2.05) is 92.7 Å². The molecule has 0 aliphatic carbocycles. The van der Waals surface area contributed by atoms with Crippen LogP contribution in [0.5, 0.6) is 11.5 Å². The summed E-state index contributed by atoms with van der Waals surface area (Å²) in [6, 6.07) is 24.4. The first-order chi connectivity index (χ1) is 13.0. The van der Waals surface area contributed by atoms with Crippen molar-refractivity contribution in [1.82, 2.24) is 0 Å². The van der Waals surface area contributed by atoms with Gasteiger partial charge in [-0.1, -0.05) is 55.8 Å². The van der Waals surface area contributed by atoms with Gasteiger partial charge in [0.15, 0.2) is 0 Å². The Morgan fingerprint density at radius 3 is 2.04 bits per heavy atom. The van der Waals surface area contributed by atoms with E-state index in [9.17, 15) is 4.79 Å². The van der Waals surface area contributed by atoms with E-state index in [4.69, 9.17) is 16.3 Å². The molecule has 0 saturated carbocycles. The molecule has 4 heteroatoms. The summed E-state index contributed by atoms with van der Waals surface area (Å²) in [6.45, 7) is 4.07. The number of hydrogen-bond acceptors (Lipinski definition) is 2. The predicted octanol–water partition coefficient (Wildman–Crippen LogP) is 6.51. The maximum Gasteiger partial charge on any atom is 0.232 e. The van der Waals surface area contributed by atoms with Crippen molar-refractivity contribution in [3.8, 4) is 11.5 Å². The first-order valence-corrected chi connectivity index (χ1v) is 9.30. The topological polar surface area (TPSA) is 38.3 Å². The van der Waals surface area contributed by atoms with Crippen molar-refractivity contribution in [2.45, 2.75) is 19.8 Å². The Bertz CT molecular complexity index is 875. The number of amides is 1. The Kier molecular flexibility index (Phi) is 6.15. The third-order valence-electron chi connectivity index (χ3n) is 4.28. The molecular weight excluding hydrogens is 358 g/mol. The fraction of sp³-hybridized carbons (Fsp3) is 0.174. The van der Waals surface area contributed by atoms with Crippen LogP contribution in [0.15, 0.2) is 78.9 Å². The predicted molar refractivity (Wildman–Crippen MR) is 111 cm³/mol. The van der Waals surface area contributed by atoms with Gasteiger partial charge in [-0.2, -0.15) is 0 Å². The van der Waals surface area contributed by atoms with Gasteiger partial charge in [0.1, 0.15) is 11.5 Å². The van der Waals surface area contributed by atoms with Gasteiger partial charge in [0.2, 0.25) is 5.91 Å². The average Bonchev–Trinajstić information content (AvgIpc) is 2.66. The molecule has 1 amide bonds. The molecule has 0 saturated heterocycles. The minimum atomic E-state index is -0.248. The lowest BCUT2D eigenvalue weighted by Crippen LogP contribution is -2.25. The second-order valence-electron chi connectivity index (χ2n) is 6.70. The molecule has 3 aromatic carbocycles. The first kappa shape index (κ1) is 19.0. The van der Waals surface area contributed by atoms with Crippen LogP contribution < -0.4 is 10.1 Å². The van der Waals surface area contributed by atoms with Crippen LogP contribution in [0.1, 0.15) is 25.3 Å². The van der Waals surface area contributed by atoms with Crippen molar-refractivity contribution < 1.29 is 9.53 Å². The van der Waals surface area contributed by atoms with Crippen molar-refractivity contribution in [1.29, 1.82) is 0 Å². The number of ether oxygens (including phenoxy) is 1. The lowest BCUT2D eigenvalue weighted by molar-refractivity contribution is -0.118. The monoisotopic (exact) mass is 379 g/mol. The van der Waals surface area contributed by atoms with Crippen molar-refractivity contribution in [2.75, 3.05) is 5.32 Å². The molecule has 0 heterocycles. The molecule has 138 valence electrons. The number of benzene rings is 3. The Hall–Kier alpha value is -2.78. The SMILES string of the molecule is CC(C)[C@@H](C(=O)Nc1ccc(Oc2ccccc2)cc1)c1ccc(Cl)cc1. The average molecular weight is 380 g/mol. The van der Waals surface area contributed by atoms with E-state index >= 15 is 0 Å². The number of halogens is 1. The molecule has 1 N–H and O–H groups in total. The van der Waals surface area contributed by atoms with E-state index in [1.165, 1.54) is 0 Å². The summed E-state index contributed by atoms with van der Waals surface area (Å²) >= 11 is 5.97. The quantitative estimate of drug-likeness (QED) is 0.530. The highest BCUT2D eigenvalue weighted by atomic mass is 35.5. The standard InChI is InChI=1S/C23H22ClNO2/c1-16(2)22(17-8-10-18(24)11-9-17)23(26)25-19-12-14-21(15-13-19)27-20-6-4-3-5-7-20/h3-16,22H,1-2H3,(H,25,26)/t22-/m1/s1. The maximum atomic E-state index is 12.8. The number of carbonyl (C=O) groups excluding carboxylic acids is 1. The van der Waals surface area contributed by atoms with Crippen LogP contribution in [0.3, 0.4) is 0 Å². The summed E-state index contributed by atoms with van der Waals surface area (Å²) in [5, 5.41) is 3.66. The molecule has 0 bridgehead atoms. The van der Waals surface area contributed by atoms with E-state index < -0.39 is 0 Å². The third kappa shape index (κ3) is 5.11. The van der Waals surface area contributed by atoms with E-state index in [0.717, 1.165) is 22.7 Å². The van der Waals surface area contributed by atoms with Crippen LogP contribution >= 0.6 is 11.6 Å². The smallest absolute Gasteiger partial charge is 0.232 e. The fourth-order valence-electron chi connectivity index (χ4n) is 2.96. The van der Waals surface area contributed by atoms with Gasteiger partial charge in [-0.05, 0) is 60.0 Å². The molecule has 1 atom stereocenters. The Morgan fingerprint density at radius 2 is 1.44 bits per heavy atom. The third-order valence-corrected chi connectivity index (χ3v) is 4.53. The first-order valence-electron chi connectivity index (χ1n) is 8.92. The number of carbonyl (C=O) groups is 1. The maximum absolute atomic E-state index is 12.8. The Morgan fingerprint density at radius 1 is 0.852 bits per heavy atom. The van der Waals surface area contributed by atoms with Crippen LogP contribution in [-0.2, 0) is 4.79 Å². The molecule has 0 unspecified atom stereocenters. The van der Waals surface area contributed by atoms with Crippen molar-refractivity contribution in [3.05, 3.63) is 89.4 Å². The molecule has 0 fully saturated rings. The summed E-state index contributed by atoms with van der Waals surface area (Å²) in [6.07, 6.45) is 0. The molecule has 0 aliphatic rings. The highest BCUT2D eigenvalue weighted by Gasteiger charge is 2.24. The minimum absolute atomic E-state index is 0.0379. The molecule has 0 spiro atoms.